The zero-order valence-electron chi connectivity index (χ0n) is 10.3. The van der Waals surface area contributed by atoms with E-state index in [4.69, 9.17) is 5.11 Å². The van der Waals surface area contributed by atoms with Crippen molar-refractivity contribution in [1.29, 1.82) is 0 Å². The molecular formula is C10H15AgN4O3. The zero-order chi connectivity index (χ0) is 12.7. The second kappa shape index (κ2) is 5.31. The molecule has 0 bridgehead atoms. The Balaban J connectivity index is 0.00000162. The maximum absolute atomic E-state index is 12.0. The van der Waals surface area contributed by atoms with Crippen LogP contribution < -0.4 is 21.0 Å². The van der Waals surface area contributed by atoms with Crippen LogP contribution in [-0.2, 0) is 36.5 Å². The Morgan fingerprint density at radius 2 is 1.78 bits per heavy atom. The number of hydrogen-bond donors (Lipinski definition) is 1. The van der Waals surface area contributed by atoms with Crippen molar-refractivity contribution in [2.75, 3.05) is 30.0 Å². The first-order chi connectivity index (χ1) is 7.99. The molecule has 1 N–H and O–H groups in total. The quantitative estimate of drug-likeness (QED) is 0.518. The van der Waals surface area contributed by atoms with Gasteiger partial charge in [0.05, 0.1) is 6.61 Å². The van der Waals surface area contributed by atoms with E-state index in [1.165, 1.54) is 11.6 Å². The molecule has 0 aliphatic carbocycles. The minimum absolute atomic E-state index is 0. The van der Waals surface area contributed by atoms with Crippen molar-refractivity contribution in [2.45, 2.75) is 0 Å². The number of aliphatic hydroxyl groups excluding tert-OH is 1. The first kappa shape index (κ1) is 15.0. The monoisotopic (exact) mass is 346 g/mol. The average Bonchev–Trinajstić information content (AvgIpc) is 2.61. The van der Waals surface area contributed by atoms with E-state index in [0.29, 0.717) is 18.1 Å². The molecule has 1 aliphatic rings. The smallest absolute Gasteiger partial charge is 0.494 e. The number of hydrogen-bond acceptors (Lipinski definition) is 5. The van der Waals surface area contributed by atoms with Gasteiger partial charge in [0.25, 0.3) is 5.56 Å². The van der Waals surface area contributed by atoms with Crippen LogP contribution in [0.5, 0.6) is 0 Å². The average molecular weight is 347 g/mol. The fraction of sp³-hybridized carbons (Fsp3) is 0.500. The summed E-state index contributed by atoms with van der Waals surface area (Å²) in [6, 6.07) is 0. The summed E-state index contributed by atoms with van der Waals surface area (Å²) in [6.45, 7) is 1.96. The van der Waals surface area contributed by atoms with Gasteiger partial charge in [0, 0.05) is 20.6 Å². The molecule has 0 atom stereocenters. The maximum atomic E-state index is 12.0. The molecule has 104 valence electrons. The largest absolute Gasteiger partial charge is 1.00 e. The molecule has 0 amide bonds. The van der Waals surface area contributed by atoms with Crippen LogP contribution in [0.15, 0.2) is 9.59 Å². The summed E-state index contributed by atoms with van der Waals surface area (Å²) in [5, 5.41) is 8.97. The van der Waals surface area contributed by atoms with Crippen LogP contribution in [0.25, 0.3) is 0 Å². The van der Waals surface area contributed by atoms with Crippen LogP contribution in [-0.4, -0.2) is 34.4 Å². The minimum Gasteiger partial charge on any atom is -0.494 e. The molecule has 0 saturated carbocycles. The van der Waals surface area contributed by atoms with Crippen molar-refractivity contribution >= 4 is 11.5 Å². The Bertz CT molecular complexity index is 565. The van der Waals surface area contributed by atoms with Gasteiger partial charge in [-0.1, -0.05) is 0 Å². The second-order valence-corrected chi connectivity index (χ2v) is 4.02. The van der Waals surface area contributed by atoms with Crippen LogP contribution in [0, 0.1) is 6.67 Å². The van der Waals surface area contributed by atoms with Gasteiger partial charge in [-0.25, -0.2) is 4.79 Å². The summed E-state index contributed by atoms with van der Waals surface area (Å²) in [7, 11) is 4.82. The Morgan fingerprint density at radius 1 is 1.17 bits per heavy atom. The predicted octanol–water partition coefficient (Wildman–Crippen LogP) is -1.55. The summed E-state index contributed by atoms with van der Waals surface area (Å²) in [5.41, 5.74) is -0.289. The number of nitrogens with zero attached hydrogens (tertiary/aromatic N) is 4. The maximum Gasteiger partial charge on any atom is 1.00 e. The summed E-state index contributed by atoms with van der Waals surface area (Å²) in [6.07, 6.45) is 0. The normalized spacial score (nSPS) is 13.6. The van der Waals surface area contributed by atoms with Gasteiger partial charge in [-0.15, -0.1) is 0 Å². The third kappa shape index (κ3) is 2.03. The Labute approximate surface area is 120 Å². The molecule has 0 aromatic carbocycles. The second-order valence-electron chi connectivity index (χ2n) is 4.02. The zero-order valence-corrected chi connectivity index (χ0v) is 11.8. The number of aliphatic hydroxyl groups is 1. The number of rotatable bonds is 2. The molecule has 0 unspecified atom stereocenters. The van der Waals surface area contributed by atoms with Crippen molar-refractivity contribution in [3.8, 4) is 0 Å². The molecule has 0 fully saturated rings. The van der Waals surface area contributed by atoms with Gasteiger partial charge in [0.15, 0.2) is 0 Å². The Morgan fingerprint density at radius 3 is 2.33 bits per heavy atom. The van der Waals surface area contributed by atoms with Gasteiger partial charge in [0.2, 0.25) is 0 Å². The van der Waals surface area contributed by atoms with E-state index in [1.807, 2.05) is 0 Å². The molecular weight excluding hydrogens is 332 g/mol. The molecule has 1 aromatic rings. The van der Waals surface area contributed by atoms with Gasteiger partial charge in [-0.05, 0) is 7.05 Å². The minimum atomic E-state index is -0.361. The predicted molar refractivity (Wildman–Crippen MR) is 64.1 cm³/mol. The van der Waals surface area contributed by atoms with E-state index < -0.39 is 0 Å². The standard InChI is InChI=1S/C10H15N4O3.Ag/c1-11-6-14(4-5-15)7-8(11)12(2)10(17)13(3)9(7)16;/h6,15H,4-5H2,1-3H3;/q-1;+1. The van der Waals surface area contributed by atoms with Crippen molar-refractivity contribution in [3.63, 3.8) is 0 Å². The summed E-state index contributed by atoms with van der Waals surface area (Å²) in [4.78, 5) is 27.2. The number of fused-ring (bicyclic) bond motifs is 1. The number of β-amino-alcohol motifs (C(OH)–C–C–N with tert-alkyl or cyclic N) is 1. The van der Waals surface area contributed by atoms with E-state index in [0.717, 1.165) is 4.57 Å². The van der Waals surface area contributed by atoms with E-state index in [2.05, 4.69) is 0 Å². The molecule has 2 heterocycles. The molecule has 0 radical (unpaired) electrons. The third-order valence-corrected chi connectivity index (χ3v) is 2.89. The van der Waals surface area contributed by atoms with Crippen molar-refractivity contribution < 1.29 is 27.5 Å². The van der Waals surface area contributed by atoms with Crippen LogP contribution in [0.2, 0.25) is 0 Å². The summed E-state index contributed by atoms with van der Waals surface area (Å²) >= 11 is 0. The number of anilines is 2. The molecule has 7 nitrogen and oxygen atoms in total. The summed E-state index contributed by atoms with van der Waals surface area (Å²) in [5.74, 6) is 0.548. The molecule has 1 aromatic heterocycles. The third-order valence-electron chi connectivity index (χ3n) is 2.89. The Hall–Kier alpha value is -1.02. The fourth-order valence-corrected chi connectivity index (χ4v) is 2.07. The van der Waals surface area contributed by atoms with Crippen molar-refractivity contribution in [2.24, 2.45) is 14.1 Å². The first-order valence-electron chi connectivity index (χ1n) is 5.24. The van der Waals surface area contributed by atoms with Crippen LogP contribution in [0.3, 0.4) is 0 Å². The molecule has 0 spiro atoms. The van der Waals surface area contributed by atoms with E-state index in [9.17, 15) is 9.59 Å². The molecule has 2 rings (SSSR count). The van der Waals surface area contributed by atoms with Crippen molar-refractivity contribution in [1.82, 2.24) is 9.13 Å². The van der Waals surface area contributed by atoms with Crippen molar-refractivity contribution in [3.05, 3.63) is 27.5 Å². The fourth-order valence-electron chi connectivity index (χ4n) is 2.07. The van der Waals surface area contributed by atoms with Gasteiger partial charge >= 0.3 is 28.1 Å². The summed E-state index contributed by atoms with van der Waals surface area (Å²) < 4.78 is 2.49. The van der Waals surface area contributed by atoms with Gasteiger partial charge in [-0.3, -0.25) is 13.9 Å². The molecule has 1 aliphatic heterocycles. The Kier molecular flexibility index (Phi) is 4.44. The molecule has 0 saturated heterocycles. The first-order valence-corrected chi connectivity index (χ1v) is 5.24. The van der Waals surface area contributed by atoms with Gasteiger partial charge in [0.1, 0.15) is 11.5 Å². The van der Waals surface area contributed by atoms with E-state index in [-0.39, 0.29) is 40.2 Å². The number of aromatic nitrogens is 2. The van der Waals surface area contributed by atoms with E-state index >= 15 is 0 Å². The SMILES string of the molecule is CN1[CH-]N(CCO)c2c1n(C)c(=O)n(C)c2=O.[Ag+]. The van der Waals surface area contributed by atoms with Crippen LogP contribution in [0.4, 0.5) is 11.5 Å². The molecule has 8 heteroatoms. The van der Waals surface area contributed by atoms with Gasteiger partial charge in [-0.2, -0.15) is 6.67 Å². The van der Waals surface area contributed by atoms with E-state index in [1.54, 1.807) is 30.6 Å². The van der Waals surface area contributed by atoms with Crippen LogP contribution in [0.1, 0.15) is 0 Å². The topological polar surface area (TPSA) is 70.7 Å². The van der Waals surface area contributed by atoms with Gasteiger partial charge < -0.3 is 14.9 Å². The molecule has 18 heavy (non-hydrogen) atoms. The van der Waals surface area contributed by atoms with Crippen LogP contribution >= 0.6 is 0 Å².